The first-order chi connectivity index (χ1) is 16.0. The van der Waals surface area contributed by atoms with Crippen molar-refractivity contribution in [3.63, 3.8) is 0 Å². The van der Waals surface area contributed by atoms with E-state index in [4.69, 9.17) is 15.9 Å². The fourth-order valence-corrected chi connectivity index (χ4v) is 3.89. The van der Waals surface area contributed by atoms with Crippen molar-refractivity contribution in [3.8, 4) is 0 Å². The van der Waals surface area contributed by atoms with E-state index in [9.17, 15) is 22.8 Å². The van der Waals surface area contributed by atoms with E-state index >= 15 is 0 Å². The smallest absolute Gasteiger partial charge is 0.383 e. The van der Waals surface area contributed by atoms with Gasteiger partial charge in [-0.05, 0) is 18.6 Å². The molecule has 0 spiro atoms. The number of anilines is 3. The number of nitrogens with two attached hydrogens (primary N) is 1. The van der Waals surface area contributed by atoms with Crippen LogP contribution >= 0.6 is 0 Å². The minimum atomic E-state index is -4.67. The van der Waals surface area contributed by atoms with Crippen LogP contribution in [-0.4, -0.2) is 66.1 Å². The van der Waals surface area contributed by atoms with Crippen LogP contribution in [0.4, 0.5) is 35.2 Å². The fraction of sp³-hybridized carbons (Fsp3) is 0.429. The van der Waals surface area contributed by atoms with Gasteiger partial charge in [0.2, 0.25) is 0 Å². The molecule has 2 amide bonds. The number of likely N-dealkylation sites (N-methyl/N-ethyl adjacent to an activating group) is 1. The minimum Gasteiger partial charge on any atom is -0.383 e. The Morgan fingerprint density at radius 2 is 2.12 bits per heavy atom. The summed E-state index contributed by atoms with van der Waals surface area (Å²) in [5.41, 5.74) is 4.71. The monoisotopic (exact) mass is 481 g/mol. The Morgan fingerprint density at radius 3 is 2.74 bits per heavy atom. The van der Waals surface area contributed by atoms with Gasteiger partial charge in [0, 0.05) is 52.3 Å². The summed E-state index contributed by atoms with van der Waals surface area (Å²) in [7, 11) is 4.18. The van der Waals surface area contributed by atoms with E-state index in [0.717, 1.165) is 16.5 Å². The summed E-state index contributed by atoms with van der Waals surface area (Å²) in [4.78, 5) is 32.5. The van der Waals surface area contributed by atoms with Crippen LogP contribution in [0.25, 0.3) is 0 Å². The maximum absolute atomic E-state index is 13.1. The number of pyridine rings is 2. The largest absolute Gasteiger partial charge is 0.417 e. The summed E-state index contributed by atoms with van der Waals surface area (Å²) in [6.07, 6.45) is -1.24. The zero-order valence-corrected chi connectivity index (χ0v) is 18.9. The van der Waals surface area contributed by atoms with Crippen molar-refractivity contribution in [2.24, 2.45) is 7.05 Å². The van der Waals surface area contributed by atoms with Crippen molar-refractivity contribution < 1.29 is 22.7 Å². The van der Waals surface area contributed by atoms with Gasteiger partial charge < -0.3 is 35.6 Å². The van der Waals surface area contributed by atoms with Gasteiger partial charge in [0.05, 0.1) is 29.6 Å². The van der Waals surface area contributed by atoms with Crippen LogP contribution in [0.2, 0.25) is 0 Å². The summed E-state index contributed by atoms with van der Waals surface area (Å²) in [6.45, 7) is 0.920. The summed E-state index contributed by atoms with van der Waals surface area (Å²) in [6, 6.07) is 1.24. The van der Waals surface area contributed by atoms with E-state index in [1.165, 1.54) is 26.1 Å². The van der Waals surface area contributed by atoms with Gasteiger partial charge >= 0.3 is 12.2 Å². The number of methoxy groups -OCH3 is 1. The third-order valence-electron chi connectivity index (χ3n) is 5.85. The molecule has 1 fully saturated rings. The average molecular weight is 481 g/mol. The van der Waals surface area contributed by atoms with E-state index in [-0.39, 0.29) is 5.82 Å². The number of halogens is 3. The second kappa shape index (κ2) is 9.71. The van der Waals surface area contributed by atoms with Gasteiger partial charge in [0.25, 0.3) is 5.56 Å². The number of ether oxygens (including phenoxy) is 1. The van der Waals surface area contributed by atoms with Crippen LogP contribution in [0.15, 0.2) is 29.3 Å². The first-order valence-electron chi connectivity index (χ1n) is 10.3. The minimum absolute atomic E-state index is 0.245. The highest BCUT2D eigenvalue weighted by atomic mass is 19.4. The highest BCUT2D eigenvalue weighted by Crippen LogP contribution is 2.30. The van der Waals surface area contributed by atoms with Crippen LogP contribution in [0, 0.1) is 5.41 Å². The second-order valence-electron chi connectivity index (χ2n) is 7.99. The van der Waals surface area contributed by atoms with E-state index in [0.29, 0.717) is 37.3 Å². The van der Waals surface area contributed by atoms with E-state index in [1.807, 2.05) is 4.90 Å². The Labute approximate surface area is 193 Å². The third kappa shape index (κ3) is 5.14. The molecule has 1 aliphatic heterocycles. The van der Waals surface area contributed by atoms with Crippen LogP contribution < -0.4 is 21.5 Å². The molecular weight excluding hydrogens is 455 g/mol. The molecule has 0 saturated carbocycles. The van der Waals surface area contributed by atoms with Crippen LogP contribution in [0.3, 0.4) is 0 Å². The first-order valence-corrected chi connectivity index (χ1v) is 10.3. The number of amides is 2. The number of aromatic nitrogens is 2. The fourth-order valence-electron chi connectivity index (χ4n) is 3.89. The molecule has 0 bridgehead atoms. The molecule has 1 aliphatic rings. The number of nitrogen functional groups attached to an aromatic ring is 1. The lowest BCUT2D eigenvalue weighted by Gasteiger charge is -2.42. The van der Waals surface area contributed by atoms with Crippen molar-refractivity contribution in [2.45, 2.75) is 24.7 Å². The van der Waals surface area contributed by atoms with Crippen molar-refractivity contribution in [2.75, 3.05) is 43.2 Å². The molecule has 184 valence electrons. The first kappa shape index (κ1) is 25.0. The van der Waals surface area contributed by atoms with Crippen molar-refractivity contribution in [1.29, 1.82) is 5.41 Å². The molecule has 0 radical (unpaired) electrons. The Bertz CT molecular complexity index is 1140. The van der Waals surface area contributed by atoms with Gasteiger partial charge in [-0.2, -0.15) is 13.2 Å². The number of nitrogens with zero attached hydrogens (tertiary/aromatic N) is 4. The molecule has 34 heavy (non-hydrogen) atoms. The third-order valence-corrected chi connectivity index (χ3v) is 5.85. The van der Waals surface area contributed by atoms with E-state index in [2.05, 4.69) is 10.3 Å². The zero-order valence-electron chi connectivity index (χ0n) is 18.9. The maximum Gasteiger partial charge on any atom is 0.417 e. The highest BCUT2D eigenvalue weighted by Gasteiger charge is 2.36. The van der Waals surface area contributed by atoms with Crippen molar-refractivity contribution >= 4 is 29.4 Å². The van der Waals surface area contributed by atoms with Gasteiger partial charge in [0.15, 0.2) is 0 Å². The van der Waals surface area contributed by atoms with Crippen LogP contribution in [-0.2, 0) is 18.0 Å². The molecule has 10 nitrogen and oxygen atoms in total. The number of urea groups is 1. The molecule has 0 aromatic carbocycles. The van der Waals surface area contributed by atoms with Gasteiger partial charge in [-0.3, -0.25) is 4.79 Å². The molecule has 13 heteroatoms. The Balaban J connectivity index is 1.76. The Kier molecular flexibility index (Phi) is 7.15. The Hall–Kier alpha value is -3.61. The summed E-state index contributed by atoms with van der Waals surface area (Å²) < 4.78 is 45.8. The molecule has 2 aromatic rings. The van der Waals surface area contributed by atoms with Crippen LogP contribution in [0.5, 0.6) is 0 Å². The number of aryl methyl sites for hydroxylation is 1. The number of hydrogen-bond donors (Lipinski definition) is 3. The zero-order chi connectivity index (χ0) is 25.2. The Morgan fingerprint density at radius 1 is 1.41 bits per heavy atom. The van der Waals surface area contributed by atoms with Crippen molar-refractivity contribution in [3.05, 3.63) is 46.0 Å². The summed E-state index contributed by atoms with van der Waals surface area (Å²) >= 11 is 0. The van der Waals surface area contributed by atoms with E-state index < -0.39 is 41.2 Å². The number of carbonyl (C=O) groups is 1. The van der Waals surface area contributed by atoms with Gasteiger partial charge in [-0.25, -0.2) is 9.78 Å². The lowest BCUT2D eigenvalue weighted by atomic mass is 9.99. The van der Waals surface area contributed by atoms with Gasteiger partial charge in [-0.15, -0.1) is 0 Å². The molecule has 4 N–H and O–H groups in total. The summed E-state index contributed by atoms with van der Waals surface area (Å²) in [5.74, 6) is 0.245. The molecule has 2 aromatic heterocycles. The van der Waals surface area contributed by atoms with Gasteiger partial charge in [-0.1, -0.05) is 0 Å². The second-order valence-corrected chi connectivity index (χ2v) is 7.99. The van der Waals surface area contributed by atoms with Gasteiger partial charge in [0.1, 0.15) is 11.5 Å². The number of rotatable bonds is 5. The average Bonchev–Trinajstić information content (AvgIpc) is 2.80. The topological polar surface area (TPSA) is 130 Å². The number of carbonyl (C=O) groups excluding carboxylic acids is 1. The van der Waals surface area contributed by atoms with Crippen molar-refractivity contribution in [1.82, 2.24) is 14.5 Å². The predicted octanol–water partition coefficient (Wildman–Crippen LogP) is 2.14. The SMILES string of the molecule is COC1CN(c2cnc(N)c(C=N)c2)CCC1N(C)C(=O)Nc1cc(C(F)(F)F)cn(C)c1=O. The standard InChI is InChI=1S/C21H26F3N7O3/c1-29-10-13(21(22,23)24)7-15(19(29)32)28-20(33)30(2)16-4-5-31(11-17(16)34-3)14-6-12(8-25)18(26)27-9-14/h6-10,16-17,25H,4-5,11H2,1-3H3,(H2,26,27)(H,28,33). The molecule has 1 saturated heterocycles. The normalized spacial score (nSPS) is 18.5. The molecule has 2 unspecified atom stereocenters. The lowest BCUT2D eigenvalue weighted by Crippen LogP contribution is -2.56. The number of hydrogen-bond acceptors (Lipinski definition) is 7. The highest BCUT2D eigenvalue weighted by molar-refractivity contribution is 5.89. The summed E-state index contributed by atoms with van der Waals surface area (Å²) in [5, 5.41) is 9.75. The number of alkyl halides is 3. The predicted molar refractivity (Wildman–Crippen MR) is 121 cm³/mol. The number of nitrogens with one attached hydrogen (secondary N) is 2. The molecular formula is C21H26F3N7O3. The lowest BCUT2D eigenvalue weighted by molar-refractivity contribution is -0.138. The molecule has 3 heterocycles. The number of piperidine rings is 1. The molecule has 3 rings (SSSR count). The molecule has 2 atom stereocenters. The maximum atomic E-state index is 13.1. The molecule has 0 aliphatic carbocycles. The quantitative estimate of drug-likeness (QED) is 0.561. The van der Waals surface area contributed by atoms with Crippen LogP contribution in [0.1, 0.15) is 17.5 Å². The van der Waals surface area contributed by atoms with E-state index in [1.54, 1.807) is 12.3 Å².